The lowest BCUT2D eigenvalue weighted by Gasteiger charge is -2.10. The van der Waals surface area contributed by atoms with Crippen molar-refractivity contribution in [2.75, 3.05) is 13.1 Å². The highest BCUT2D eigenvalue weighted by atomic mass is 16.4. The minimum Gasteiger partial charge on any atom is -0.478 e. The fourth-order valence-electron chi connectivity index (χ4n) is 2.28. The summed E-state index contributed by atoms with van der Waals surface area (Å²) in [5.41, 5.74) is 0.986. The first-order valence-electron chi connectivity index (χ1n) is 5.81. The lowest BCUT2D eigenvalue weighted by Crippen LogP contribution is -2.22. The van der Waals surface area contributed by atoms with E-state index in [-0.39, 0.29) is 0 Å². The Balaban J connectivity index is 2.31. The predicted octanol–water partition coefficient (Wildman–Crippen LogP) is 1.89. The number of hydrogen-bond donors (Lipinski definition) is 2. The van der Waals surface area contributed by atoms with Crippen molar-refractivity contribution in [3.63, 3.8) is 0 Å². The number of carbonyl (C=O) groups is 1. The van der Waals surface area contributed by atoms with Crippen LogP contribution in [-0.4, -0.2) is 30.0 Å². The molecule has 0 saturated carbocycles. The largest absolute Gasteiger partial charge is 0.478 e. The second-order valence-corrected chi connectivity index (χ2v) is 4.17. The smallest absolute Gasteiger partial charge is 0.337 e. The fraction of sp³-hybridized carbons (Fsp3) is 0.143. The van der Waals surface area contributed by atoms with Crippen molar-refractivity contribution in [3.05, 3.63) is 47.5 Å². The monoisotopic (exact) mass is 240 g/mol. The van der Waals surface area contributed by atoms with Crippen molar-refractivity contribution in [1.29, 1.82) is 0 Å². The Kier molecular flexibility index (Phi) is 2.48. The first-order chi connectivity index (χ1) is 8.77. The van der Waals surface area contributed by atoms with Gasteiger partial charge in [0.25, 0.3) is 0 Å². The topological polar surface area (TPSA) is 61.7 Å². The maximum absolute atomic E-state index is 11.5. The number of carboxylic acids is 1. The number of carboxylic acid groups (broad SMARTS) is 1. The highest BCUT2D eigenvalue weighted by molar-refractivity contribution is 6.15. The van der Waals surface area contributed by atoms with E-state index in [1.807, 2.05) is 36.4 Å². The van der Waals surface area contributed by atoms with Crippen LogP contribution >= 0.6 is 0 Å². The third-order valence-corrected chi connectivity index (χ3v) is 3.07. The lowest BCUT2D eigenvalue weighted by atomic mass is 9.98. The number of hydrogen-bond acceptors (Lipinski definition) is 3. The van der Waals surface area contributed by atoms with Crippen LogP contribution in [0.2, 0.25) is 0 Å². The zero-order valence-corrected chi connectivity index (χ0v) is 9.68. The maximum atomic E-state index is 11.5. The predicted molar refractivity (Wildman–Crippen MR) is 70.3 cm³/mol. The maximum Gasteiger partial charge on any atom is 0.337 e. The minimum atomic E-state index is -0.918. The summed E-state index contributed by atoms with van der Waals surface area (Å²) in [5, 5.41) is 14.2. The van der Waals surface area contributed by atoms with Crippen LogP contribution in [0.4, 0.5) is 0 Å². The van der Waals surface area contributed by atoms with Gasteiger partial charge < -0.3 is 10.4 Å². The van der Waals surface area contributed by atoms with Crippen LogP contribution in [0.5, 0.6) is 0 Å². The van der Waals surface area contributed by atoms with Crippen molar-refractivity contribution >= 4 is 22.6 Å². The fourth-order valence-corrected chi connectivity index (χ4v) is 2.28. The second kappa shape index (κ2) is 4.14. The van der Waals surface area contributed by atoms with Gasteiger partial charge in [0, 0.05) is 12.1 Å². The molecule has 18 heavy (non-hydrogen) atoms. The standard InChI is InChI=1S/C14H12N2O2/c17-14(18)12-10-4-2-1-3-9(10)5-6-11(12)13-15-7-8-16-13/h1-6H,7-8H2,(H,15,16)(H,17,18). The zero-order chi connectivity index (χ0) is 12.5. The number of nitrogens with one attached hydrogen (secondary N) is 1. The molecule has 0 atom stereocenters. The van der Waals surface area contributed by atoms with Crippen molar-refractivity contribution in [3.8, 4) is 0 Å². The molecule has 0 fully saturated rings. The number of fused-ring (bicyclic) bond motifs is 1. The summed E-state index contributed by atoms with van der Waals surface area (Å²) >= 11 is 0. The van der Waals surface area contributed by atoms with E-state index in [1.54, 1.807) is 0 Å². The molecule has 0 aromatic heterocycles. The van der Waals surface area contributed by atoms with E-state index < -0.39 is 5.97 Å². The number of rotatable bonds is 2. The van der Waals surface area contributed by atoms with E-state index >= 15 is 0 Å². The molecule has 0 bridgehead atoms. The van der Waals surface area contributed by atoms with E-state index in [2.05, 4.69) is 10.3 Å². The Labute approximate surface area is 104 Å². The van der Waals surface area contributed by atoms with Crippen molar-refractivity contribution in [2.24, 2.45) is 4.99 Å². The summed E-state index contributed by atoms with van der Waals surface area (Å²) < 4.78 is 0. The molecule has 1 aliphatic rings. The molecule has 1 aliphatic heterocycles. The van der Waals surface area contributed by atoms with E-state index in [0.717, 1.165) is 17.3 Å². The van der Waals surface area contributed by atoms with E-state index in [0.29, 0.717) is 23.5 Å². The van der Waals surface area contributed by atoms with Crippen molar-refractivity contribution < 1.29 is 9.90 Å². The quantitative estimate of drug-likeness (QED) is 0.842. The molecule has 0 unspecified atom stereocenters. The Morgan fingerprint density at radius 3 is 2.78 bits per heavy atom. The summed E-state index contributed by atoms with van der Waals surface area (Å²) in [5.74, 6) is -0.239. The van der Waals surface area contributed by atoms with Crippen LogP contribution in [0.15, 0.2) is 41.4 Å². The van der Waals surface area contributed by atoms with Gasteiger partial charge in [-0.15, -0.1) is 0 Å². The van der Waals surface area contributed by atoms with Gasteiger partial charge in [0.05, 0.1) is 12.1 Å². The highest BCUT2D eigenvalue weighted by Crippen LogP contribution is 2.23. The van der Waals surface area contributed by atoms with Gasteiger partial charge in [-0.1, -0.05) is 30.3 Å². The van der Waals surface area contributed by atoms with Gasteiger partial charge in [-0.05, 0) is 16.8 Å². The summed E-state index contributed by atoms with van der Waals surface area (Å²) in [7, 11) is 0. The molecule has 0 saturated heterocycles. The SMILES string of the molecule is O=C(O)c1c(C2=NCCN2)ccc2ccccc12. The molecule has 0 spiro atoms. The Bertz CT molecular complexity index is 662. The van der Waals surface area contributed by atoms with Crippen LogP contribution in [0.25, 0.3) is 10.8 Å². The molecule has 90 valence electrons. The second-order valence-electron chi connectivity index (χ2n) is 4.17. The Hall–Kier alpha value is -2.36. The van der Waals surface area contributed by atoms with Gasteiger partial charge in [0.2, 0.25) is 0 Å². The van der Waals surface area contributed by atoms with Crippen LogP contribution < -0.4 is 5.32 Å². The molecule has 4 nitrogen and oxygen atoms in total. The molecule has 1 heterocycles. The van der Waals surface area contributed by atoms with Gasteiger partial charge in [-0.3, -0.25) is 4.99 Å². The molecule has 3 rings (SSSR count). The Morgan fingerprint density at radius 2 is 2.06 bits per heavy atom. The van der Waals surface area contributed by atoms with E-state index in [1.165, 1.54) is 0 Å². The zero-order valence-electron chi connectivity index (χ0n) is 9.68. The average Bonchev–Trinajstić information content (AvgIpc) is 2.90. The van der Waals surface area contributed by atoms with E-state index in [4.69, 9.17) is 0 Å². The third-order valence-electron chi connectivity index (χ3n) is 3.07. The molecule has 0 aliphatic carbocycles. The minimum absolute atomic E-state index is 0.321. The lowest BCUT2D eigenvalue weighted by molar-refractivity contribution is 0.0699. The average molecular weight is 240 g/mol. The molecule has 0 radical (unpaired) electrons. The molecule has 2 aromatic carbocycles. The van der Waals surface area contributed by atoms with Gasteiger partial charge in [0.1, 0.15) is 5.84 Å². The molecular weight excluding hydrogens is 228 g/mol. The first-order valence-corrected chi connectivity index (χ1v) is 5.81. The van der Waals surface area contributed by atoms with Crippen molar-refractivity contribution in [1.82, 2.24) is 5.32 Å². The summed E-state index contributed by atoms with van der Waals surface area (Å²) in [6.45, 7) is 1.46. The summed E-state index contributed by atoms with van der Waals surface area (Å²) in [6.07, 6.45) is 0. The number of aromatic carboxylic acids is 1. The van der Waals surface area contributed by atoms with Gasteiger partial charge in [-0.25, -0.2) is 4.79 Å². The highest BCUT2D eigenvalue weighted by Gasteiger charge is 2.19. The van der Waals surface area contributed by atoms with Crippen LogP contribution in [0.3, 0.4) is 0 Å². The van der Waals surface area contributed by atoms with E-state index in [9.17, 15) is 9.90 Å². The molecule has 2 aromatic rings. The molecule has 4 heteroatoms. The van der Waals surface area contributed by atoms with Crippen molar-refractivity contribution in [2.45, 2.75) is 0 Å². The van der Waals surface area contributed by atoms with Gasteiger partial charge >= 0.3 is 5.97 Å². The van der Waals surface area contributed by atoms with Gasteiger partial charge in [-0.2, -0.15) is 0 Å². The van der Waals surface area contributed by atoms with Crippen LogP contribution in [0, 0.1) is 0 Å². The van der Waals surface area contributed by atoms with Gasteiger partial charge in [0.15, 0.2) is 0 Å². The number of benzene rings is 2. The third kappa shape index (κ3) is 1.62. The molecule has 2 N–H and O–H groups in total. The number of amidine groups is 1. The van der Waals surface area contributed by atoms with Crippen LogP contribution in [0.1, 0.15) is 15.9 Å². The summed E-state index contributed by atoms with van der Waals surface area (Å²) in [4.78, 5) is 15.8. The van der Waals surface area contributed by atoms with Crippen LogP contribution in [-0.2, 0) is 0 Å². The number of aliphatic imine (C=N–C) groups is 1. The molecule has 0 amide bonds. The first kappa shape index (κ1) is 10.8. The summed E-state index contributed by atoms with van der Waals surface area (Å²) in [6, 6.07) is 11.2. The molecular formula is C14H12N2O2. The Morgan fingerprint density at radius 1 is 1.22 bits per heavy atom. The normalized spacial score (nSPS) is 14.3. The number of nitrogens with zero attached hydrogens (tertiary/aromatic N) is 1.